The Labute approximate surface area is 140 Å². The molecule has 3 nitrogen and oxygen atoms in total. The second-order valence-electron chi connectivity index (χ2n) is 6.95. The zero-order chi connectivity index (χ0) is 18.0. The van der Waals surface area contributed by atoms with Gasteiger partial charge in [0.25, 0.3) is 0 Å². The maximum atomic E-state index is 13.3. The summed E-state index contributed by atoms with van der Waals surface area (Å²) < 4.78 is 45.0. The fourth-order valence-electron chi connectivity index (χ4n) is 3.03. The van der Waals surface area contributed by atoms with E-state index < -0.39 is 17.2 Å². The molecule has 6 heteroatoms. The van der Waals surface area contributed by atoms with Crippen molar-refractivity contribution in [3.8, 4) is 5.75 Å². The third kappa shape index (κ3) is 4.42. The molecule has 1 amide bonds. The van der Waals surface area contributed by atoms with Crippen LogP contribution in [0.3, 0.4) is 0 Å². The monoisotopic (exact) mass is 343 g/mol. The number of alkyl halides is 3. The Hall–Kier alpha value is -1.72. The quantitative estimate of drug-likeness (QED) is 0.795. The van der Waals surface area contributed by atoms with Gasteiger partial charge in [-0.15, -0.1) is 0 Å². The van der Waals surface area contributed by atoms with Crippen LogP contribution < -0.4 is 10.1 Å². The smallest absolute Gasteiger partial charge is 0.420 e. The van der Waals surface area contributed by atoms with Crippen LogP contribution in [0, 0.1) is 5.41 Å². The lowest BCUT2D eigenvalue weighted by molar-refractivity contribution is -0.139. The maximum absolute atomic E-state index is 13.3. The van der Waals surface area contributed by atoms with Crippen LogP contribution in [0.25, 0.3) is 0 Å². The Kier molecular flexibility index (Phi) is 5.45. The van der Waals surface area contributed by atoms with Gasteiger partial charge < -0.3 is 10.1 Å². The van der Waals surface area contributed by atoms with Gasteiger partial charge in [0.05, 0.1) is 11.7 Å². The zero-order valence-electron chi connectivity index (χ0n) is 14.3. The summed E-state index contributed by atoms with van der Waals surface area (Å²) in [4.78, 5) is 12.5. The maximum Gasteiger partial charge on any atom is 0.420 e. The molecular formula is C18H24F3NO2. The first-order valence-corrected chi connectivity index (χ1v) is 8.31. The topological polar surface area (TPSA) is 38.3 Å². The van der Waals surface area contributed by atoms with Gasteiger partial charge in [-0.2, -0.15) is 13.2 Å². The molecular weight excluding hydrogens is 319 g/mol. The lowest BCUT2D eigenvalue weighted by Crippen LogP contribution is -2.35. The SMILES string of the molecule is CC(C)Oc1ccc(NC(=O)C2(C)CCCCC2)cc1C(F)(F)F. The summed E-state index contributed by atoms with van der Waals surface area (Å²) in [5.74, 6) is -0.438. The molecule has 1 aromatic rings. The Morgan fingerprint density at radius 1 is 1.21 bits per heavy atom. The number of hydrogen-bond donors (Lipinski definition) is 1. The summed E-state index contributed by atoms with van der Waals surface area (Å²) in [6.45, 7) is 5.21. The normalized spacial score (nSPS) is 17.6. The molecule has 2 rings (SSSR count). The Bertz CT molecular complexity index is 590. The van der Waals surface area contributed by atoms with Crippen LogP contribution in [0.2, 0.25) is 0 Å². The predicted octanol–water partition coefficient (Wildman–Crippen LogP) is 5.40. The van der Waals surface area contributed by atoms with Gasteiger partial charge in [-0.05, 0) is 44.9 Å². The average Bonchev–Trinajstić information content (AvgIpc) is 2.48. The molecule has 0 heterocycles. The van der Waals surface area contributed by atoms with Crippen molar-refractivity contribution in [3.05, 3.63) is 23.8 Å². The van der Waals surface area contributed by atoms with Gasteiger partial charge in [-0.3, -0.25) is 4.79 Å². The van der Waals surface area contributed by atoms with Crippen molar-refractivity contribution in [3.63, 3.8) is 0 Å². The molecule has 0 saturated heterocycles. The van der Waals surface area contributed by atoms with E-state index in [1.54, 1.807) is 13.8 Å². The third-order valence-corrected chi connectivity index (χ3v) is 4.41. The molecule has 1 saturated carbocycles. The summed E-state index contributed by atoms with van der Waals surface area (Å²) in [5.41, 5.74) is -1.23. The van der Waals surface area contributed by atoms with Crippen LogP contribution >= 0.6 is 0 Å². The van der Waals surface area contributed by atoms with Crippen LogP contribution in [0.4, 0.5) is 18.9 Å². The molecule has 24 heavy (non-hydrogen) atoms. The fourth-order valence-corrected chi connectivity index (χ4v) is 3.03. The number of carbonyl (C=O) groups is 1. The largest absolute Gasteiger partial charge is 0.490 e. The first kappa shape index (κ1) is 18.6. The van der Waals surface area contributed by atoms with Gasteiger partial charge in [-0.25, -0.2) is 0 Å². The zero-order valence-corrected chi connectivity index (χ0v) is 14.3. The van der Waals surface area contributed by atoms with Crippen LogP contribution in [-0.4, -0.2) is 12.0 Å². The molecule has 0 aliphatic heterocycles. The number of nitrogens with one attached hydrogen (secondary N) is 1. The molecule has 1 aliphatic carbocycles. The minimum Gasteiger partial charge on any atom is -0.490 e. The standard InChI is InChI=1S/C18H24F3NO2/c1-12(2)24-15-8-7-13(11-14(15)18(19,20)21)22-16(23)17(3)9-5-4-6-10-17/h7-8,11-12H,4-6,9-10H2,1-3H3,(H,22,23). The van der Waals surface area contributed by atoms with Crippen molar-refractivity contribution in [1.29, 1.82) is 0 Å². The number of benzene rings is 1. The van der Waals surface area contributed by atoms with E-state index in [1.165, 1.54) is 12.1 Å². The lowest BCUT2D eigenvalue weighted by atomic mass is 9.75. The van der Waals surface area contributed by atoms with Crippen molar-refractivity contribution in [2.45, 2.75) is 65.2 Å². The first-order chi connectivity index (χ1) is 11.1. The molecule has 0 unspecified atom stereocenters. The molecule has 0 radical (unpaired) electrons. The average molecular weight is 343 g/mol. The first-order valence-electron chi connectivity index (χ1n) is 8.31. The summed E-state index contributed by atoms with van der Waals surface area (Å²) in [5, 5.41) is 2.65. The van der Waals surface area contributed by atoms with E-state index in [9.17, 15) is 18.0 Å². The van der Waals surface area contributed by atoms with E-state index in [4.69, 9.17) is 4.74 Å². The van der Waals surface area contributed by atoms with Gasteiger partial charge in [-0.1, -0.05) is 26.2 Å². The van der Waals surface area contributed by atoms with Crippen molar-refractivity contribution < 1.29 is 22.7 Å². The summed E-state index contributed by atoms with van der Waals surface area (Å²) in [7, 11) is 0. The van der Waals surface area contributed by atoms with Crippen molar-refractivity contribution in [2.24, 2.45) is 5.41 Å². The van der Waals surface area contributed by atoms with E-state index in [1.807, 2.05) is 6.92 Å². The van der Waals surface area contributed by atoms with Crippen LogP contribution in [0.1, 0.15) is 58.4 Å². The van der Waals surface area contributed by atoms with E-state index in [-0.39, 0.29) is 23.4 Å². The number of amides is 1. The molecule has 0 aromatic heterocycles. The molecule has 1 aliphatic rings. The minimum atomic E-state index is -4.54. The number of halogens is 3. The highest BCUT2D eigenvalue weighted by Gasteiger charge is 2.37. The van der Waals surface area contributed by atoms with E-state index in [0.717, 1.165) is 38.2 Å². The minimum absolute atomic E-state index is 0.148. The molecule has 0 bridgehead atoms. The van der Waals surface area contributed by atoms with Crippen molar-refractivity contribution >= 4 is 11.6 Å². The van der Waals surface area contributed by atoms with Crippen LogP contribution in [0.5, 0.6) is 5.75 Å². The predicted molar refractivity (Wildman–Crippen MR) is 87.0 cm³/mol. The Morgan fingerprint density at radius 2 is 1.83 bits per heavy atom. The lowest BCUT2D eigenvalue weighted by Gasteiger charge is -2.32. The Morgan fingerprint density at radius 3 is 2.38 bits per heavy atom. The van der Waals surface area contributed by atoms with Gasteiger partial charge in [0.15, 0.2) is 0 Å². The number of carbonyl (C=O) groups excluding carboxylic acids is 1. The van der Waals surface area contributed by atoms with Crippen molar-refractivity contribution in [1.82, 2.24) is 0 Å². The number of anilines is 1. The third-order valence-electron chi connectivity index (χ3n) is 4.41. The van der Waals surface area contributed by atoms with Gasteiger partial charge in [0.1, 0.15) is 5.75 Å². The van der Waals surface area contributed by atoms with Gasteiger partial charge in [0.2, 0.25) is 5.91 Å². The van der Waals surface area contributed by atoms with Crippen molar-refractivity contribution in [2.75, 3.05) is 5.32 Å². The molecule has 0 atom stereocenters. The summed E-state index contributed by atoms with van der Waals surface area (Å²) in [6.07, 6.45) is -0.341. The molecule has 134 valence electrons. The second kappa shape index (κ2) is 7.03. The molecule has 0 spiro atoms. The van der Waals surface area contributed by atoms with E-state index in [0.29, 0.717) is 0 Å². The highest BCUT2D eigenvalue weighted by atomic mass is 19.4. The van der Waals surface area contributed by atoms with E-state index in [2.05, 4.69) is 5.32 Å². The Balaban J connectivity index is 2.23. The van der Waals surface area contributed by atoms with Gasteiger partial charge >= 0.3 is 6.18 Å². The summed E-state index contributed by atoms with van der Waals surface area (Å²) >= 11 is 0. The fraction of sp³-hybridized carbons (Fsp3) is 0.611. The van der Waals surface area contributed by atoms with Crippen LogP contribution in [0.15, 0.2) is 18.2 Å². The number of ether oxygens (including phenoxy) is 1. The van der Waals surface area contributed by atoms with E-state index >= 15 is 0 Å². The number of rotatable bonds is 4. The van der Waals surface area contributed by atoms with Crippen LogP contribution in [-0.2, 0) is 11.0 Å². The van der Waals surface area contributed by atoms with Gasteiger partial charge in [0, 0.05) is 11.1 Å². The summed E-state index contributed by atoms with van der Waals surface area (Å²) in [6, 6.07) is 3.67. The molecule has 1 N–H and O–H groups in total. The molecule has 1 fully saturated rings. The highest BCUT2D eigenvalue weighted by molar-refractivity contribution is 5.95. The number of hydrogen-bond acceptors (Lipinski definition) is 2. The second-order valence-corrected chi connectivity index (χ2v) is 6.95. The molecule has 1 aromatic carbocycles. The highest BCUT2D eigenvalue weighted by Crippen LogP contribution is 2.40.